The molecule has 0 aromatic carbocycles. The molecule has 1 aliphatic carbocycles. The molecule has 0 spiro atoms. The van der Waals surface area contributed by atoms with Crippen molar-refractivity contribution < 1.29 is 4.79 Å². The van der Waals surface area contributed by atoms with Crippen molar-refractivity contribution in [2.75, 3.05) is 5.32 Å². The molecule has 2 heterocycles. The van der Waals surface area contributed by atoms with E-state index >= 15 is 0 Å². The van der Waals surface area contributed by atoms with Gasteiger partial charge in [0.15, 0.2) is 5.13 Å². The number of fused-ring (bicyclic) bond motifs is 1. The first-order valence-corrected chi connectivity index (χ1v) is 7.52. The predicted molar refractivity (Wildman–Crippen MR) is 78.0 cm³/mol. The number of hydrogen-bond donors (Lipinski definition) is 1. The maximum atomic E-state index is 12.1. The largest absolute Gasteiger partial charge is 0.296 e. The van der Waals surface area contributed by atoms with Gasteiger partial charge in [0.05, 0.1) is 17.6 Å². The number of thiazole rings is 1. The zero-order valence-electron chi connectivity index (χ0n) is 11.5. The number of anilines is 1. The molecule has 0 radical (unpaired) electrons. The molecule has 2 aromatic rings. The van der Waals surface area contributed by atoms with E-state index in [9.17, 15) is 4.79 Å². The lowest BCUT2D eigenvalue weighted by Gasteiger charge is -2.15. The van der Waals surface area contributed by atoms with Crippen LogP contribution in [0.25, 0.3) is 0 Å². The van der Waals surface area contributed by atoms with Crippen LogP contribution in [0, 0.1) is 12.8 Å². The van der Waals surface area contributed by atoms with Gasteiger partial charge in [-0.3, -0.25) is 15.1 Å². The first-order chi connectivity index (χ1) is 9.61. The first-order valence-electron chi connectivity index (χ1n) is 6.70. The Morgan fingerprint density at radius 3 is 3.00 bits per heavy atom. The second-order valence-corrected chi connectivity index (χ2v) is 6.32. The van der Waals surface area contributed by atoms with Gasteiger partial charge in [-0.1, -0.05) is 6.92 Å². The molecule has 0 saturated heterocycles. The molecule has 1 aliphatic rings. The average molecular weight is 288 g/mol. The quantitative estimate of drug-likeness (QED) is 0.922. The standard InChI is InChI=1S/C14H16N4OS/c1-8-3-4-10-12(5-8)20-14(17-10)18-13(19)11-7-15-9(2)6-16-11/h6-8H,3-5H2,1-2H3,(H,17,18,19)/t8-/m1/s1. The number of carbonyl (C=O) groups is 1. The topological polar surface area (TPSA) is 67.8 Å². The highest BCUT2D eigenvalue weighted by molar-refractivity contribution is 7.15. The van der Waals surface area contributed by atoms with Crippen LogP contribution in [0.1, 0.15) is 40.1 Å². The zero-order chi connectivity index (χ0) is 14.1. The molecule has 0 saturated carbocycles. The molecule has 2 aromatic heterocycles. The molecular weight excluding hydrogens is 272 g/mol. The molecule has 3 rings (SSSR count). The first kappa shape index (κ1) is 13.2. The SMILES string of the molecule is Cc1cnc(C(=O)Nc2nc3c(s2)C[C@H](C)CC3)cn1. The summed E-state index contributed by atoms with van der Waals surface area (Å²) in [6.45, 7) is 4.09. The number of hydrogen-bond acceptors (Lipinski definition) is 5. The van der Waals surface area contributed by atoms with Crippen LogP contribution in [-0.2, 0) is 12.8 Å². The maximum Gasteiger partial charge on any atom is 0.277 e. The number of nitrogens with one attached hydrogen (secondary N) is 1. The van der Waals surface area contributed by atoms with Crippen molar-refractivity contribution in [1.29, 1.82) is 0 Å². The van der Waals surface area contributed by atoms with Gasteiger partial charge in [-0.2, -0.15) is 0 Å². The second kappa shape index (κ2) is 5.28. The van der Waals surface area contributed by atoms with Gasteiger partial charge in [0.25, 0.3) is 5.91 Å². The van der Waals surface area contributed by atoms with Crippen LogP contribution in [-0.4, -0.2) is 20.9 Å². The fourth-order valence-corrected chi connectivity index (χ4v) is 3.43. The van der Waals surface area contributed by atoms with Gasteiger partial charge in [-0.05, 0) is 32.1 Å². The van der Waals surface area contributed by atoms with Crippen LogP contribution in [0.2, 0.25) is 0 Å². The summed E-state index contributed by atoms with van der Waals surface area (Å²) < 4.78 is 0. The van der Waals surface area contributed by atoms with E-state index in [1.807, 2.05) is 6.92 Å². The molecular formula is C14H16N4OS. The summed E-state index contributed by atoms with van der Waals surface area (Å²) in [6, 6.07) is 0. The number of nitrogens with zero attached hydrogens (tertiary/aromatic N) is 3. The smallest absolute Gasteiger partial charge is 0.277 e. The third-order valence-electron chi connectivity index (χ3n) is 3.42. The third-order valence-corrected chi connectivity index (χ3v) is 4.46. The second-order valence-electron chi connectivity index (χ2n) is 5.23. The number of amides is 1. The van der Waals surface area contributed by atoms with Crippen LogP contribution in [0.5, 0.6) is 0 Å². The normalized spacial score (nSPS) is 17.6. The molecule has 0 aliphatic heterocycles. The van der Waals surface area contributed by atoms with Crippen LogP contribution in [0.3, 0.4) is 0 Å². The molecule has 1 atom stereocenters. The Hall–Kier alpha value is -1.82. The summed E-state index contributed by atoms with van der Waals surface area (Å²) in [5.74, 6) is 0.450. The van der Waals surface area contributed by atoms with E-state index in [2.05, 4.69) is 27.2 Å². The van der Waals surface area contributed by atoms with Gasteiger partial charge in [0.1, 0.15) is 5.69 Å². The van der Waals surface area contributed by atoms with E-state index in [1.54, 1.807) is 17.5 Å². The fourth-order valence-electron chi connectivity index (χ4n) is 2.26. The molecule has 0 unspecified atom stereocenters. The molecule has 0 fully saturated rings. The van der Waals surface area contributed by atoms with Crippen LogP contribution < -0.4 is 5.32 Å². The van der Waals surface area contributed by atoms with E-state index in [0.29, 0.717) is 16.7 Å². The van der Waals surface area contributed by atoms with Gasteiger partial charge in [-0.15, -0.1) is 11.3 Å². The van der Waals surface area contributed by atoms with Gasteiger partial charge >= 0.3 is 0 Å². The molecule has 1 N–H and O–H groups in total. The zero-order valence-corrected chi connectivity index (χ0v) is 12.3. The lowest BCUT2D eigenvalue weighted by atomic mass is 9.93. The number of aryl methyl sites for hydroxylation is 2. The predicted octanol–water partition coefficient (Wildman–Crippen LogP) is 2.62. The Labute approximate surface area is 121 Å². The maximum absolute atomic E-state index is 12.1. The summed E-state index contributed by atoms with van der Waals surface area (Å²) in [4.78, 5) is 26.0. The lowest BCUT2D eigenvalue weighted by Crippen LogP contribution is -2.14. The highest BCUT2D eigenvalue weighted by Gasteiger charge is 2.20. The van der Waals surface area contributed by atoms with Crippen molar-refractivity contribution in [3.8, 4) is 0 Å². The van der Waals surface area contributed by atoms with Crippen molar-refractivity contribution in [1.82, 2.24) is 15.0 Å². The van der Waals surface area contributed by atoms with Gasteiger partial charge in [0.2, 0.25) is 0 Å². The van der Waals surface area contributed by atoms with E-state index in [4.69, 9.17) is 0 Å². The summed E-state index contributed by atoms with van der Waals surface area (Å²) in [5.41, 5.74) is 2.25. The fraction of sp³-hybridized carbons (Fsp3) is 0.429. The van der Waals surface area contributed by atoms with E-state index < -0.39 is 0 Å². The Kier molecular flexibility index (Phi) is 3.48. The Morgan fingerprint density at radius 2 is 2.25 bits per heavy atom. The van der Waals surface area contributed by atoms with Gasteiger partial charge in [-0.25, -0.2) is 9.97 Å². The number of rotatable bonds is 2. The van der Waals surface area contributed by atoms with Crippen molar-refractivity contribution in [2.45, 2.75) is 33.1 Å². The monoisotopic (exact) mass is 288 g/mol. The van der Waals surface area contributed by atoms with Gasteiger partial charge < -0.3 is 0 Å². The number of aromatic nitrogens is 3. The molecule has 1 amide bonds. The summed E-state index contributed by atoms with van der Waals surface area (Å²) in [6.07, 6.45) is 6.32. The molecule has 5 nitrogen and oxygen atoms in total. The van der Waals surface area contributed by atoms with E-state index in [0.717, 1.165) is 24.2 Å². The van der Waals surface area contributed by atoms with Crippen LogP contribution in [0.15, 0.2) is 12.4 Å². The molecule has 104 valence electrons. The van der Waals surface area contributed by atoms with Crippen molar-refractivity contribution >= 4 is 22.4 Å². The molecule has 0 bridgehead atoms. The van der Waals surface area contributed by atoms with Crippen molar-refractivity contribution in [2.24, 2.45) is 5.92 Å². The Morgan fingerprint density at radius 1 is 1.40 bits per heavy atom. The highest BCUT2D eigenvalue weighted by Crippen LogP contribution is 2.32. The minimum atomic E-state index is -0.253. The Bertz CT molecular complexity index is 635. The molecule has 20 heavy (non-hydrogen) atoms. The average Bonchev–Trinajstić information content (AvgIpc) is 2.80. The van der Waals surface area contributed by atoms with Crippen LogP contribution in [0.4, 0.5) is 5.13 Å². The van der Waals surface area contributed by atoms with E-state index in [1.165, 1.54) is 17.5 Å². The minimum absolute atomic E-state index is 0.253. The number of carbonyl (C=O) groups excluding carboxylic acids is 1. The third kappa shape index (κ3) is 2.70. The summed E-state index contributed by atoms with van der Waals surface area (Å²) in [5, 5.41) is 3.48. The summed E-state index contributed by atoms with van der Waals surface area (Å²) in [7, 11) is 0. The lowest BCUT2D eigenvalue weighted by molar-refractivity contribution is 0.102. The van der Waals surface area contributed by atoms with Gasteiger partial charge in [0, 0.05) is 11.1 Å². The molecule has 6 heteroatoms. The van der Waals surface area contributed by atoms with Crippen LogP contribution >= 0.6 is 11.3 Å². The minimum Gasteiger partial charge on any atom is -0.296 e. The van der Waals surface area contributed by atoms with E-state index in [-0.39, 0.29) is 5.91 Å². The van der Waals surface area contributed by atoms with Crippen molar-refractivity contribution in [3.63, 3.8) is 0 Å². The highest BCUT2D eigenvalue weighted by atomic mass is 32.1. The Balaban J connectivity index is 1.75. The summed E-state index contributed by atoms with van der Waals surface area (Å²) >= 11 is 1.57. The van der Waals surface area contributed by atoms with Crippen molar-refractivity contribution in [3.05, 3.63) is 34.4 Å².